The molecule has 1 aliphatic rings. The lowest BCUT2D eigenvalue weighted by Crippen LogP contribution is -2.29. The SMILES string of the molecule is Cn1ccc2c(C(=O)N3CCC(Cc4ccc(F)c(C(=O)O)c4)C3)cccc21. The number of hydrogen-bond acceptors (Lipinski definition) is 2. The van der Waals surface area contributed by atoms with E-state index in [-0.39, 0.29) is 17.4 Å². The number of benzene rings is 2. The fourth-order valence-corrected chi connectivity index (χ4v) is 4.04. The van der Waals surface area contributed by atoms with Crippen molar-refractivity contribution in [2.24, 2.45) is 13.0 Å². The summed E-state index contributed by atoms with van der Waals surface area (Å²) in [7, 11) is 1.95. The largest absolute Gasteiger partial charge is 0.478 e. The molecule has 1 fully saturated rings. The molecule has 1 aliphatic heterocycles. The number of hydrogen-bond donors (Lipinski definition) is 1. The smallest absolute Gasteiger partial charge is 0.338 e. The summed E-state index contributed by atoms with van der Waals surface area (Å²) in [5.74, 6) is -1.75. The summed E-state index contributed by atoms with van der Waals surface area (Å²) < 4.78 is 15.6. The Morgan fingerprint density at radius 1 is 1.18 bits per heavy atom. The summed E-state index contributed by atoms with van der Waals surface area (Å²) in [6.45, 7) is 1.28. The Balaban J connectivity index is 1.49. The highest BCUT2D eigenvalue weighted by molar-refractivity contribution is 6.06. The number of rotatable bonds is 4. The predicted molar refractivity (Wildman–Crippen MR) is 104 cm³/mol. The van der Waals surface area contributed by atoms with Gasteiger partial charge in [0.05, 0.1) is 5.56 Å². The molecule has 144 valence electrons. The first kappa shape index (κ1) is 18.2. The second-order valence-electron chi connectivity index (χ2n) is 7.39. The fourth-order valence-electron chi connectivity index (χ4n) is 4.04. The summed E-state index contributed by atoms with van der Waals surface area (Å²) in [6, 6.07) is 11.9. The quantitative estimate of drug-likeness (QED) is 0.750. The van der Waals surface area contributed by atoms with Gasteiger partial charge in [0.2, 0.25) is 0 Å². The number of carboxylic acid groups (broad SMARTS) is 1. The second-order valence-corrected chi connectivity index (χ2v) is 7.39. The van der Waals surface area contributed by atoms with Gasteiger partial charge >= 0.3 is 5.97 Å². The minimum Gasteiger partial charge on any atom is -0.478 e. The molecule has 0 radical (unpaired) electrons. The van der Waals surface area contributed by atoms with Crippen molar-refractivity contribution in [1.29, 1.82) is 0 Å². The van der Waals surface area contributed by atoms with Crippen LogP contribution in [0.15, 0.2) is 48.7 Å². The normalized spacial score (nSPS) is 16.6. The molecule has 3 aromatic rings. The first-order chi connectivity index (χ1) is 13.4. The molecule has 0 bridgehead atoms. The highest BCUT2D eigenvalue weighted by Crippen LogP contribution is 2.26. The van der Waals surface area contributed by atoms with E-state index in [9.17, 15) is 14.0 Å². The zero-order valence-corrected chi connectivity index (χ0v) is 15.6. The Hall–Kier alpha value is -3.15. The van der Waals surface area contributed by atoms with Gasteiger partial charge in [-0.1, -0.05) is 12.1 Å². The molecule has 1 aromatic heterocycles. The van der Waals surface area contributed by atoms with Gasteiger partial charge in [0, 0.05) is 42.8 Å². The molecule has 1 N–H and O–H groups in total. The zero-order chi connectivity index (χ0) is 19.8. The van der Waals surface area contributed by atoms with Gasteiger partial charge in [0.15, 0.2) is 0 Å². The topological polar surface area (TPSA) is 62.5 Å². The molecular formula is C22H21FN2O3. The molecule has 0 aliphatic carbocycles. The molecule has 1 atom stereocenters. The molecule has 28 heavy (non-hydrogen) atoms. The van der Waals surface area contributed by atoms with E-state index >= 15 is 0 Å². The third-order valence-electron chi connectivity index (χ3n) is 5.52. The number of aromatic carboxylic acids is 1. The van der Waals surface area contributed by atoms with Gasteiger partial charge in [0.25, 0.3) is 5.91 Å². The van der Waals surface area contributed by atoms with E-state index in [1.165, 1.54) is 12.1 Å². The van der Waals surface area contributed by atoms with Crippen LogP contribution in [0.1, 0.15) is 32.7 Å². The molecule has 0 spiro atoms. The van der Waals surface area contributed by atoms with E-state index < -0.39 is 11.8 Å². The fraction of sp³-hybridized carbons (Fsp3) is 0.273. The number of aromatic nitrogens is 1. The Morgan fingerprint density at radius 3 is 2.79 bits per heavy atom. The van der Waals surface area contributed by atoms with Crippen LogP contribution in [-0.4, -0.2) is 39.5 Å². The number of aryl methyl sites for hydroxylation is 1. The van der Waals surface area contributed by atoms with Crippen molar-refractivity contribution < 1.29 is 19.1 Å². The van der Waals surface area contributed by atoms with Crippen molar-refractivity contribution in [1.82, 2.24) is 9.47 Å². The summed E-state index contributed by atoms with van der Waals surface area (Å²) in [4.78, 5) is 26.0. The molecule has 1 amide bonds. The lowest BCUT2D eigenvalue weighted by molar-refractivity contribution is 0.0691. The lowest BCUT2D eigenvalue weighted by atomic mass is 9.97. The zero-order valence-electron chi connectivity index (χ0n) is 15.6. The van der Waals surface area contributed by atoms with Gasteiger partial charge in [-0.05, 0) is 54.7 Å². The van der Waals surface area contributed by atoms with E-state index in [0.29, 0.717) is 25.1 Å². The maximum absolute atomic E-state index is 13.6. The molecule has 4 rings (SSSR count). The lowest BCUT2D eigenvalue weighted by Gasteiger charge is -2.17. The average Bonchev–Trinajstić information content (AvgIpc) is 3.29. The van der Waals surface area contributed by atoms with Gasteiger partial charge in [-0.25, -0.2) is 9.18 Å². The first-order valence-electron chi connectivity index (χ1n) is 9.29. The van der Waals surface area contributed by atoms with Gasteiger partial charge in [0.1, 0.15) is 5.82 Å². The van der Waals surface area contributed by atoms with Crippen LogP contribution in [0.2, 0.25) is 0 Å². The van der Waals surface area contributed by atoms with Crippen LogP contribution in [0.4, 0.5) is 4.39 Å². The molecular weight excluding hydrogens is 359 g/mol. The van der Waals surface area contributed by atoms with Gasteiger partial charge in [-0.2, -0.15) is 0 Å². The second kappa shape index (κ2) is 7.11. The number of carboxylic acids is 1. The first-order valence-corrected chi connectivity index (χ1v) is 9.29. The number of carbonyl (C=O) groups is 2. The number of carbonyl (C=O) groups excluding carboxylic acids is 1. The van der Waals surface area contributed by atoms with E-state index in [4.69, 9.17) is 5.11 Å². The van der Waals surface area contributed by atoms with Crippen LogP contribution < -0.4 is 0 Å². The van der Waals surface area contributed by atoms with Gasteiger partial charge in [-0.3, -0.25) is 4.79 Å². The minimum atomic E-state index is -1.27. The van der Waals surface area contributed by atoms with Crippen LogP contribution >= 0.6 is 0 Å². The molecule has 2 aromatic carbocycles. The van der Waals surface area contributed by atoms with Crippen molar-refractivity contribution in [3.8, 4) is 0 Å². The number of halogens is 1. The molecule has 1 saturated heterocycles. The Kier molecular flexibility index (Phi) is 4.63. The van der Waals surface area contributed by atoms with Crippen molar-refractivity contribution in [3.05, 3.63) is 71.2 Å². The maximum atomic E-state index is 13.6. The maximum Gasteiger partial charge on any atom is 0.338 e. The van der Waals surface area contributed by atoms with Gasteiger partial charge in [-0.15, -0.1) is 0 Å². The van der Waals surface area contributed by atoms with E-state index in [0.717, 1.165) is 22.9 Å². The van der Waals surface area contributed by atoms with Crippen molar-refractivity contribution in [3.63, 3.8) is 0 Å². The summed E-state index contributed by atoms with van der Waals surface area (Å²) in [6.07, 6.45) is 3.42. The molecule has 2 heterocycles. The number of nitrogens with zero attached hydrogens (tertiary/aromatic N) is 2. The highest BCUT2D eigenvalue weighted by Gasteiger charge is 2.28. The summed E-state index contributed by atoms with van der Waals surface area (Å²) in [5, 5.41) is 10.0. The van der Waals surface area contributed by atoms with Gasteiger partial charge < -0.3 is 14.6 Å². The molecule has 6 heteroatoms. The van der Waals surface area contributed by atoms with Crippen LogP contribution in [0.5, 0.6) is 0 Å². The Labute approximate surface area is 162 Å². The minimum absolute atomic E-state index is 0.0182. The number of amides is 1. The van der Waals surface area contributed by atoms with Crippen LogP contribution in [0.25, 0.3) is 10.9 Å². The van der Waals surface area contributed by atoms with Crippen molar-refractivity contribution in [2.45, 2.75) is 12.8 Å². The Bertz CT molecular complexity index is 1070. The number of likely N-dealkylation sites (tertiary alicyclic amines) is 1. The van der Waals surface area contributed by atoms with E-state index in [2.05, 4.69) is 0 Å². The Morgan fingerprint density at radius 2 is 2.00 bits per heavy atom. The predicted octanol–water partition coefficient (Wildman–Crippen LogP) is 3.72. The van der Waals surface area contributed by atoms with Crippen molar-refractivity contribution in [2.75, 3.05) is 13.1 Å². The third-order valence-corrected chi connectivity index (χ3v) is 5.52. The van der Waals surface area contributed by atoms with Crippen LogP contribution in [0, 0.1) is 11.7 Å². The monoisotopic (exact) mass is 380 g/mol. The molecule has 0 saturated carbocycles. The van der Waals surface area contributed by atoms with Crippen LogP contribution in [-0.2, 0) is 13.5 Å². The summed E-state index contributed by atoms with van der Waals surface area (Å²) in [5.41, 5.74) is 2.20. The standard InChI is InChI=1S/C22H21FN2O3/c1-24-9-8-16-17(3-2-4-20(16)24)21(26)25-10-7-15(13-25)11-14-5-6-19(23)18(12-14)22(27)28/h2-6,8-9,12,15H,7,10-11,13H2,1H3,(H,27,28). The number of fused-ring (bicyclic) bond motifs is 1. The van der Waals surface area contributed by atoms with Crippen molar-refractivity contribution >= 4 is 22.8 Å². The average molecular weight is 380 g/mol. The molecule has 5 nitrogen and oxygen atoms in total. The molecule has 1 unspecified atom stereocenters. The summed E-state index contributed by atoms with van der Waals surface area (Å²) >= 11 is 0. The third kappa shape index (κ3) is 3.26. The van der Waals surface area contributed by atoms with E-state index in [1.54, 1.807) is 6.07 Å². The van der Waals surface area contributed by atoms with Crippen LogP contribution in [0.3, 0.4) is 0 Å². The highest BCUT2D eigenvalue weighted by atomic mass is 19.1. The van der Waals surface area contributed by atoms with E-state index in [1.807, 2.05) is 47.0 Å².